The van der Waals surface area contributed by atoms with E-state index in [0.717, 1.165) is 13.1 Å². The van der Waals surface area contributed by atoms with E-state index in [-0.39, 0.29) is 5.91 Å². The second-order valence-electron chi connectivity index (χ2n) is 4.47. The Hall–Kier alpha value is -0.570. The number of nitrogens with one attached hydrogen (secondary N) is 1. The summed E-state index contributed by atoms with van der Waals surface area (Å²) in [5.74, 6) is 0.754. The number of hydrogen-bond donors (Lipinski definition) is 1. The molecule has 0 aromatic carbocycles. The van der Waals surface area contributed by atoms with Gasteiger partial charge >= 0.3 is 0 Å². The van der Waals surface area contributed by atoms with Gasteiger partial charge in [0.25, 0.3) is 0 Å². The molecule has 1 heterocycles. The maximum absolute atomic E-state index is 11.5. The summed E-state index contributed by atoms with van der Waals surface area (Å²) in [7, 11) is 0. The molecule has 1 amide bonds. The largest absolute Gasteiger partial charge is 0.356 e. The zero-order valence-electron chi connectivity index (χ0n) is 9.55. The van der Waals surface area contributed by atoms with Crippen molar-refractivity contribution in [3.63, 3.8) is 0 Å². The van der Waals surface area contributed by atoms with Crippen LogP contribution in [-0.2, 0) is 4.79 Å². The summed E-state index contributed by atoms with van der Waals surface area (Å²) in [6.45, 7) is 9.42. The molecule has 1 rings (SSSR count). The molecule has 0 spiro atoms. The Morgan fingerprint density at radius 1 is 1.57 bits per heavy atom. The highest BCUT2D eigenvalue weighted by Gasteiger charge is 2.27. The van der Waals surface area contributed by atoms with Gasteiger partial charge < -0.3 is 10.2 Å². The molecule has 1 fully saturated rings. The Morgan fingerprint density at radius 2 is 2.29 bits per heavy atom. The first kappa shape index (κ1) is 11.5. The number of carbonyl (C=O) groups is 1. The van der Waals surface area contributed by atoms with E-state index in [1.807, 2.05) is 0 Å². The van der Waals surface area contributed by atoms with Crippen LogP contribution in [0.5, 0.6) is 0 Å². The van der Waals surface area contributed by atoms with Crippen molar-refractivity contribution in [1.29, 1.82) is 0 Å². The van der Waals surface area contributed by atoms with Gasteiger partial charge in [-0.25, -0.2) is 0 Å². The molecule has 14 heavy (non-hydrogen) atoms. The van der Waals surface area contributed by atoms with Crippen LogP contribution in [0.3, 0.4) is 0 Å². The maximum atomic E-state index is 11.5. The Bertz CT molecular complexity index is 190. The van der Waals surface area contributed by atoms with Crippen LogP contribution in [0.25, 0.3) is 0 Å². The van der Waals surface area contributed by atoms with Crippen molar-refractivity contribution >= 4 is 5.91 Å². The highest BCUT2D eigenvalue weighted by Crippen LogP contribution is 2.19. The molecule has 0 aromatic rings. The quantitative estimate of drug-likeness (QED) is 0.721. The van der Waals surface area contributed by atoms with E-state index >= 15 is 0 Å². The van der Waals surface area contributed by atoms with Gasteiger partial charge in [-0.1, -0.05) is 20.8 Å². The van der Waals surface area contributed by atoms with Crippen LogP contribution in [0.2, 0.25) is 0 Å². The first-order chi connectivity index (χ1) is 6.63. The van der Waals surface area contributed by atoms with Crippen molar-refractivity contribution in [2.24, 2.45) is 5.92 Å². The molecule has 0 bridgehead atoms. The van der Waals surface area contributed by atoms with Crippen molar-refractivity contribution in [3.8, 4) is 0 Å². The molecule has 1 aliphatic heterocycles. The van der Waals surface area contributed by atoms with E-state index in [1.165, 1.54) is 13.0 Å². The summed E-state index contributed by atoms with van der Waals surface area (Å²) in [6, 6.07) is 0.507. The second-order valence-corrected chi connectivity index (χ2v) is 4.47. The molecule has 0 saturated carbocycles. The number of carbonyl (C=O) groups excluding carboxylic acids is 1. The molecule has 1 saturated heterocycles. The fraction of sp³-hybridized carbons (Fsp3) is 0.909. The van der Waals surface area contributed by atoms with E-state index in [4.69, 9.17) is 0 Å². The summed E-state index contributed by atoms with van der Waals surface area (Å²) >= 11 is 0. The monoisotopic (exact) mass is 198 g/mol. The second kappa shape index (κ2) is 5.35. The van der Waals surface area contributed by atoms with Crippen LogP contribution in [0, 0.1) is 5.92 Å². The molecule has 1 N–H and O–H groups in total. The Labute approximate surface area is 86.9 Å². The van der Waals surface area contributed by atoms with Crippen molar-refractivity contribution in [2.45, 2.75) is 39.7 Å². The number of rotatable bonds is 5. The van der Waals surface area contributed by atoms with E-state index in [9.17, 15) is 4.79 Å². The van der Waals surface area contributed by atoms with Crippen molar-refractivity contribution in [2.75, 3.05) is 19.6 Å². The summed E-state index contributed by atoms with van der Waals surface area (Å²) in [5.41, 5.74) is 0. The molecular weight excluding hydrogens is 176 g/mol. The van der Waals surface area contributed by atoms with Gasteiger partial charge in [0.05, 0.1) is 0 Å². The van der Waals surface area contributed by atoms with Crippen LogP contribution in [0.1, 0.15) is 33.6 Å². The topological polar surface area (TPSA) is 32.3 Å². The summed E-state index contributed by atoms with van der Waals surface area (Å²) in [6.07, 6.45) is 1.86. The van der Waals surface area contributed by atoms with Crippen LogP contribution >= 0.6 is 0 Å². The van der Waals surface area contributed by atoms with Crippen molar-refractivity contribution in [3.05, 3.63) is 0 Å². The van der Waals surface area contributed by atoms with Gasteiger partial charge in [-0.3, -0.25) is 4.79 Å². The van der Waals surface area contributed by atoms with Crippen molar-refractivity contribution < 1.29 is 4.79 Å². The van der Waals surface area contributed by atoms with Crippen molar-refractivity contribution in [1.82, 2.24) is 10.2 Å². The predicted octanol–water partition coefficient (Wildman–Crippen LogP) is 1.24. The van der Waals surface area contributed by atoms with Gasteiger partial charge in [0, 0.05) is 19.0 Å². The average Bonchev–Trinajstić information content (AvgIpc) is 2.10. The minimum absolute atomic E-state index is 0.210. The molecule has 3 heteroatoms. The summed E-state index contributed by atoms with van der Waals surface area (Å²) in [5, 5.41) is 2.96. The molecule has 3 nitrogen and oxygen atoms in total. The van der Waals surface area contributed by atoms with Crippen LogP contribution in [0.15, 0.2) is 0 Å². The number of hydrogen-bond acceptors (Lipinski definition) is 2. The zero-order valence-corrected chi connectivity index (χ0v) is 9.55. The fourth-order valence-electron chi connectivity index (χ4n) is 1.75. The van der Waals surface area contributed by atoms with Gasteiger partial charge in [0.2, 0.25) is 5.91 Å². The SMILES string of the molecule is CCN1CCC1CC(=O)NCC(C)C. The smallest absolute Gasteiger partial charge is 0.221 e. The first-order valence-corrected chi connectivity index (χ1v) is 5.64. The maximum Gasteiger partial charge on any atom is 0.221 e. The molecule has 82 valence electrons. The van der Waals surface area contributed by atoms with Crippen LogP contribution in [0.4, 0.5) is 0 Å². The third kappa shape index (κ3) is 3.29. The molecule has 0 radical (unpaired) electrons. The molecule has 0 aliphatic carbocycles. The first-order valence-electron chi connectivity index (χ1n) is 5.64. The molecule has 0 aromatic heterocycles. The third-order valence-corrected chi connectivity index (χ3v) is 2.80. The third-order valence-electron chi connectivity index (χ3n) is 2.80. The highest BCUT2D eigenvalue weighted by atomic mass is 16.1. The Kier molecular flexibility index (Phi) is 4.39. The van der Waals surface area contributed by atoms with E-state index < -0.39 is 0 Å². The normalized spacial score (nSPS) is 22.1. The lowest BCUT2D eigenvalue weighted by molar-refractivity contribution is -0.123. The predicted molar refractivity (Wildman–Crippen MR) is 58.1 cm³/mol. The fourth-order valence-corrected chi connectivity index (χ4v) is 1.75. The van der Waals surface area contributed by atoms with Gasteiger partial charge in [-0.2, -0.15) is 0 Å². The lowest BCUT2D eigenvalue weighted by Gasteiger charge is -2.39. The highest BCUT2D eigenvalue weighted by molar-refractivity contribution is 5.76. The van der Waals surface area contributed by atoms with E-state index in [0.29, 0.717) is 18.4 Å². The number of nitrogens with zero attached hydrogens (tertiary/aromatic N) is 1. The van der Waals surface area contributed by atoms with Crippen LogP contribution in [-0.4, -0.2) is 36.5 Å². The lowest BCUT2D eigenvalue weighted by Crippen LogP contribution is -2.49. The van der Waals surface area contributed by atoms with E-state index in [1.54, 1.807) is 0 Å². The van der Waals surface area contributed by atoms with Gasteiger partial charge in [-0.05, 0) is 25.4 Å². The van der Waals surface area contributed by atoms with Crippen LogP contribution < -0.4 is 5.32 Å². The number of likely N-dealkylation sites (tertiary alicyclic amines) is 1. The molecule has 1 atom stereocenters. The average molecular weight is 198 g/mol. The summed E-state index contributed by atoms with van der Waals surface area (Å²) in [4.78, 5) is 13.8. The Morgan fingerprint density at radius 3 is 2.71 bits per heavy atom. The minimum Gasteiger partial charge on any atom is -0.356 e. The molecule has 1 aliphatic rings. The Balaban J connectivity index is 2.14. The van der Waals surface area contributed by atoms with Gasteiger partial charge in [-0.15, -0.1) is 0 Å². The molecule has 1 unspecified atom stereocenters. The lowest BCUT2D eigenvalue weighted by atomic mass is 9.99. The summed E-state index contributed by atoms with van der Waals surface area (Å²) < 4.78 is 0. The van der Waals surface area contributed by atoms with E-state index in [2.05, 4.69) is 31.0 Å². The standard InChI is InChI=1S/C11H22N2O/c1-4-13-6-5-10(13)7-11(14)12-8-9(2)3/h9-10H,4-8H2,1-3H3,(H,12,14). The zero-order chi connectivity index (χ0) is 10.6. The van der Waals surface area contributed by atoms with Gasteiger partial charge in [0.15, 0.2) is 0 Å². The minimum atomic E-state index is 0.210. The number of amides is 1. The molecular formula is C11H22N2O. The van der Waals surface area contributed by atoms with Gasteiger partial charge in [0.1, 0.15) is 0 Å².